The highest BCUT2D eigenvalue weighted by molar-refractivity contribution is 5.89. The number of methoxy groups -OCH3 is 1. The molecule has 1 saturated carbocycles. The van der Waals surface area contributed by atoms with Crippen LogP contribution in [0.25, 0.3) is 0 Å². The Morgan fingerprint density at radius 3 is 2.42 bits per heavy atom. The monoisotopic (exact) mass is 352 g/mol. The number of hydrogen-bond acceptors (Lipinski definition) is 5. The zero-order valence-corrected chi connectivity index (χ0v) is 14.5. The summed E-state index contributed by atoms with van der Waals surface area (Å²) in [4.78, 5) is 22.9. The summed E-state index contributed by atoms with van der Waals surface area (Å²) in [6, 6.07) is 14.5. The van der Waals surface area contributed by atoms with Crippen molar-refractivity contribution in [2.45, 2.75) is 19.4 Å². The fourth-order valence-corrected chi connectivity index (χ4v) is 2.28. The lowest BCUT2D eigenvalue weighted by Gasteiger charge is -2.07. The van der Waals surface area contributed by atoms with Gasteiger partial charge in [0.2, 0.25) is 5.91 Å². The van der Waals surface area contributed by atoms with E-state index in [1.165, 1.54) is 7.11 Å². The first-order valence-corrected chi connectivity index (χ1v) is 8.39. The number of rotatable bonds is 7. The van der Waals surface area contributed by atoms with Crippen molar-refractivity contribution in [1.29, 1.82) is 0 Å². The summed E-state index contributed by atoms with van der Waals surface area (Å²) in [5, 5.41) is 3.95. The molecule has 1 aliphatic carbocycles. The molecule has 6 heteroatoms. The summed E-state index contributed by atoms with van der Waals surface area (Å²) >= 11 is 0. The summed E-state index contributed by atoms with van der Waals surface area (Å²) < 4.78 is 10.4. The van der Waals surface area contributed by atoms with E-state index < -0.39 is 0 Å². The molecule has 0 aromatic heterocycles. The molecule has 6 nitrogen and oxygen atoms in total. The average molecular weight is 352 g/mol. The van der Waals surface area contributed by atoms with Crippen LogP contribution in [-0.4, -0.2) is 25.2 Å². The van der Waals surface area contributed by atoms with E-state index in [0.29, 0.717) is 12.2 Å². The van der Waals surface area contributed by atoms with Crippen molar-refractivity contribution in [3.05, 3.63) is 65.2 Å². The summed E-state index contributed by atoms with van der Waals surface area (Å²) in [6.45, 7) is 0.395. The maximum Gasteiger partial charge on any atom is 0.337 e. The smallest absolute Gasteiger partial charge is 0.337 e. The van der Waals surface area contributed by atoms with Gasteiger partial charge in [-0.15, -0.1) is 0 Å². The van der Waals surface area contributed by atoms with Crippen molar-refractivity contribution in [2.75, 3.05) is 7.11 Å². The van der Waals surface area contributed by atoms with E-state index in [2.05, 4.69) is 15.3 Å². The van der Waals surface area contributed by atoms with Crippen LogP contribution in [0, 0.1) is 5.92 Å². The largest absolute Gasteiger partial charge is 0.489 e. The lowest BCUT2D eigenvalue weighted by molar-refractivity contribution is -0.122. The van der Waals surface area contributed by atoms with Crippen molar-refractivity contribution in [1.82, 2.24) is 5.43 Å². The van der Waals surface area contributed by atoms with Gasteiger partial charge in [0.05, 0.1) is 18.9 Å². The molecule has 1 fully saturated rings. The minimum Gasteiger partial charge on any atom is -0.489 e. The Bertz CT molecular complexity index is 794. The Labute approximate surface area is 151 Å². The van der Waals surface area contributed by atoms with Crippen LogP contribution >= 0.6 is 0 Å². The summed E-state index contributed by atoms with van der Waals surface area (Å²) in [6.07, 6.45) is 3.52. The summed E-state index contributed by atoms with van der Waals surface area (Å²) in [5.41, 5.74) is 4.87. The first kappa shape index (κ1) is 17.7. The van der Waals surface area contributed by atoms with E-state index >= 15 is 0 Å². The number of ether oxygens (including phenoxy) is 2. The molecular formula is C20H20N2O4. The van der Waals surface area contributed by atoms with Gasteiger partial charge < -0.3 is 9.47 Å². The Morgan fingerprint density at radius 1 is 1.12 bits per heavy atom. The van der Waals surface area contributed by atoms with Gasteiger partial charge in [0.15, 0.2) is 0 Å². The fourth-order valence-electron chi connectivity index (χ4n) is 2.28. The molecular weight excluding hydrogens is 332 g/mol. The molecule has 0 unspecified atom stereocenters. The van der Waals surface area contributed by atoms with E-state index in [-0.39, 0.29) is 17.8 Å². The number of amides is 1. The second kappa shape index (κ2) is 8.29. The highest BCUT2D eigenvalue weighted by Gasteiger charge is 2.29. The van der Waals surface area contributed by atoms with E-state index in [0.717, 1.165) is 29.7 Å². The Kier molecular flexibility index (Phi) is 5.63. The van der Waals surface area contributed by atoms with E-state index in [4.69, 9.17) is 4.74 Å². The third-order valence-corrected chi connectivity index (χ3v) is 4.00. The van der Waals surface area contributed by atoms with E-state index in [1.54, 1.807) is 18.3 Å². The standard InChI is InChI=1S/C20H20N2O4/c1-25-20(24)17-6-2-15(3-7-17)13-26-18-10-4-14(5-11-18)12-21-22-19(23)16-8-9-16/h2-7,10-12,16H,8-9,13H2,1H3,(H,22,23). The zero-order valence-electron chi connectivity index (χ0n) is 14.5. The van der Waals surface area contributed by atoms with Gasteiger partial charge >= 0.3 is 5.97 Å². The third-order valence-electron chi connectivity index (χ3n) is 4.00. The van der Waals surface area contributed by atoms with Crippen LogP contribution in [-0.2, 0) is 16.1 Å². The normalized spacial score (nSPS) is 13.4. The number of hydrogen-bond donors (Lipinski definition) is 1. The SMILES string of the molecule is COC(=O)c1ccc(COc2ccc(C=NNC(=O)C3CC3)cc2)cc1. The molecule has 0 spiro atoms. The van der Waals surface area contributed by atoms with Crippen molar-refractivity contribution >= 4 is 18.1 Å². The molecule has 0 bridgehead atoms. The Hall–Kier alpha value is -3.15. The van der Waals surface area contributed by atoms with E-state index in [1.807, 2.05) is 36.4 Å². The minimum absolute atomic E-state index is 0.0144. The molecule has 1 N–H and O–H groups in total. The second-order valence-electron chi connectivity index (χ2n) is 6.05. The number of esters is 1. The number of carbonyl (C=O) groups is 2. The first-order valence-electron chi connectivity index (χ1n) is 8.39. The molecule has 1 amide bonds. The van der Waals surface area contributed by atoms with Gasteiger partial charge in [-0.1, -0.05) is 12.1 Å². The van der Waals surface area contributed by atoms with Gasteiger partial charge in [0, 0.05) is 5.92 Å². The predicted molar refractivity (Wildman–Crippen MR) is 97.0 cm³/mol. The van der Waals surface area contributed by atoms with Crippen LogP contribution in [0.5, 0.6) is 5.75 Å². The molecule has 134 valence electrons. The lowest BCUT2D eigenvalue weighted by Crippen LogP contribution is -2.18. The average Bonchev–Trinajstić information content (AvgIpc) is 3.52. The Balaban J connectivity index is 1.48. The molecule has 26 heavy (non-hydrogen) atoms. The number of hydrazone groups is 1. The van der Waals surface area contributed by atoms with Gasteiger partial charge in [-0.3, -0.25) is 4.79 Å². The fraction of sp³-hybridized carbons (Fsp3) is 0.250. The highest BCUT2D eigenvalue weighted by atomic mass is 16.5. The van der Waals surface area contributed by atoms with Crippen LogP contribution in [0.15, 0.2) is 53.6 Å². The zero-order chi connectivity index (χ0) is 18.4. The molecule has 0 saturated heterocycles. The van der Waals surface area contributed by atoms with Gasteiger partial charge in [-0.2, -0.15) is 5.10 Å². The molecule has 3 rings (SSSR count). The quantitative estimate of drug-likeness (QED) is 0.472. The number of nitrogens with one attached hydrogen (secondary N) is 1. The number of benzene rings is 2. The molecule has 0 atom stereocenters. The maximum atomic E-state index is 11.5. The molecule has 2 aromatic carbocycles. The molecule has 2 aromatic rings. The van der Waals surface area contributed by atoms with Gasteiger partial charge in [0.1, 0.15) is 12.4 Å². The van der Waals surface area contributed by atoms with Crippen molar-refractivity contribution in [3.8, 4) is 5.75 Å². The minimum atomic E-state index is -0.358. The summed E-state index contributed by atoms with van der Waals surface area (Å²) in [5.74, 6) is 0.494. The van der Waals surface area contributed by atoms with Gasteiger partial charge in [-0.25, -0.2) is 10.2 Å². The molecule has 0 aliphatic heterocycles. The van der Waals surface area contributed by atoms with Gasteiger partial charge in [-0.05, 0) is 60.4 Å². The summed E-state index contributed by atoms with van der Waals surface area (Å²) in [7, 11) is 1.36. The maximum absolute atomic E-state index is 11.5. The van der Waals surface area contributed by atoms with Crippen LogP contribution in [0.3, 0.4) is 0 Å². The third kappa shape index (κ3) is 4.92. The van der Waals surface area contributed by atoms with Crippen molar-refractivity contribution in [3.63, 3.8) is 0 Å². The van der Waals surface area contributed by atoms with Crippen LogP contribution in [0.2, 0.25) is 0 Å². The number of carbonyl (C=O) groups excluding carboxylic acids is 2. The second-order valence-corrected chi connectivity index (χ2v) is 6.05. The highest BCUT2D eigenvalue weighted by Crippen LogP contribution is 2.28. The molecule has 0 radical (unpaired) electrons. The van der Waals surface area contributed by atoms with Crippen LogP contribution in [0.1, 0.15) is 34.3 Å². The molecule has 1 aliphatic rings. The lowest BCUT2D eigenvalue weighted by atomic mass is 10.1. The van der Waals surface area contributed by atoms with Gasteiger partial charge in [0.25, 0.3) is 0 Å². The van der Waals surface area contributed by atoms with E-state index in [9.17, 15) is 9.59 Å². The molecule has 0 heterocycles. The Morgan fingerprint density at radius 2 is 1.81 bits per heavy atom. The first-order chi connectivity index (χ1) is 12.7. The topological polar surface area (TPSA) is 77.0 Å². The predicted octanol–water partition coefficient (Wildman–Crippen LogP) is 2.91. The van der Waals surface area contributed by atoms with Crippen LogP contribution < -0.4 is 10.2 Å². The van der Waals surface area contributed by atoms with Crippen molar-refractivity contribution in [2.24, 2.45) is 11.0 Å². The van der Waals surface area contributed by atoms with Crippen molar-refractivity contribution < 1.29 is 19.1 Å². The van der Waals surface area contributed by atoms with Crippen LogP contribution in [0.4, 0.5) is 0 Å². The number of nitrogens with zero attached hydrogens (tertiary/aromatic N) is 1.